The lowest BCUT2D eigenvalue weighted by Gasteiger charge is -2.23. The van der Waals surface area contributed by atoms with Crippen molar-refractivity contribution in [1.82, 2.24) is 5.32 Å². The van der Waals surface area contributed by atoms with Crippen LogP contribution in [0.2, 0.25) is 0 Å². The Hall–Kier alpha value is -2.34. The predicted molar refractivity (Wildman–Crippen MR) is 114 cm³/mol. The molecule has 1 saturated carbocycles. The van der Waals surface area contributed by atoms with Crippen molar-refractivity contribution in [2.45, 2.75) is 45.1 Å². The number of rotatable bonds is 6. The van der Waals surface area contributed by atoms with E-state index >= 15 is 0 Å². The molecule has 3 rings (SSSR count). The number of para-hydroxylation sites is 1. The van der Waals surface area contributed by atoms with Gasteiger partial charge in [0.2, 0.25) is 0 Å². The highest BCUT2D eigenvalue weighted by Gasteiger charge is 2.19. The molecule has 0 atom stereocenters. The zero-order chi connectivity index (χ0) is 19.9. The molecule has 0 heterocycles. The van der Waals surface area contributed by atoms with Crippen molar-refractivity contribution in [1.29, 1.82) is 0 Å². The molecule has 5 nitrogen and oxygen atoms in total. The fourth-order valence-corrected chi connectivity index (χ4v) is 3.88. The zero-order valence-corrected chi connectivity index (χ0v) is 17.6. The third kappa shape index (κ3) is 5.58. The van der Waals surface area contributed by atoms with Crippen LogP contribution < -0.4 is 15.4 Å². The molecule has 0 spiro atoms. The lowest BCUT2D eigenvalue weighted by atomic mass is 9.95. The number of hydrogen-bond acceptors (Lipinski definition) is 3. The Morgan fingerprint density at radius 2 is 1.86 bits per heavy atom. The van der Waals surface area contributed by atoms with Crippen LogP contribution in [0.4, 0.5) is 5.69 Å². The van der Waals surface area contributed by atoms with E-state index in [0.717, 1.165) is 35.7 Å². The molecular weight excluding hydrogens is 420 g/mol. The highest BCUT2D eigenvalue weighted by Crippen LogP contribution is 2.23. The number of aryl methyl sites for hydroxylation is 1. The standard InChI is InChI=1S/C22H25BrN2O3/c1-15-13-16(23)11-12-20(15)28-14-21(26)25-19-10-6-5-9-18(19)22(27)24-17-7-3-2-4-8-17/h5-6,9-13,17H,2-4,7-8,14H2,1H3,(H,24,27)(H,25,26). The molecule has 2 amide bonds. The van der Waals surface area contributed by atoms with Crippen LogP contribution >= 0.6 is 15.9 Å². The number of carbonyl (C=O) groups is 2. The predicted octanol–water partition coefficient (Wildman–Crippen LogP) is 4.84. The van der Waals surface area contributed by atoms with Gasteiger partial charge in [-0.1, -0.05) is 47.3 Å². The van der Waals surface area contributed by atoms with Gasteiger partial charge in [-0.05, 0) is 55.7 Å². The van der Waals surface area contributed by atoms with E-state index in [2.05, 4.69) is 26.6 Å². The molecule has 1 aliphatic carbocycles. The summed E-state index contributed by atoms with van der Waals surface area (Å²) in [6.07, 6.45) is 5.56. The van der Waals surface area contributed by atoms with Gasteiger partial charge in [-0.2, -0.15) is 0 Å². The summed E-state index contributed by atoms with van der Waals surface area (Å²) in [5, 5.41) is 5.89. The van der Waals surface area contributed by atoms with E-state index < -0.39 is 0 Å². The fourth-order valence-electron chi connectivity index (χ4n) is 3.40. The minimum Gasteiger partial charge on any atom is -0.483 e. The van der Waals surface area contributed by atoms with Crippen molar-refractivity contribution in [3.05, 3.63) is 58.1 Å². The lowest BCUT2D eigenvalue weighted by molar-refractivity contribution is -0.118. The number of carbonyl (C=O) groups excluding carboxylic acids is 2. The molecule has 2 aromatic carbocycles. The van der Waals surface area contributed by atoms with Gasteiger partial charge in [-0.25, -0.2) is 0 Å². The molecule has 2 N–H and O–H groups in total. The van der Waals surface area contributed by atoms with Gasteiger partial charge in [0.25, 0.3) is 11.8 Å². The Morgan fingerprint density at radius 1 is 1.11 bits per heavy atom. The van der Waals surface area contributed by atoms with Crippen molar-refractivity contribution in [3.8, 4) is 5.75 Å². The van der Waals surface area contributed by atoms with Gasteiger partial charge in [0.15, 0.2) is 6.61 Å². The Morgan fingerprint density at radius 3 is 2.61 bits per heavy atom. The molecule has 1 aliphatic rings. The van der Waals surface area contributed by atoms with Crippen LogP contribution in [0.5, 0.6) is 5.75 Å². The van der Waals surface area contributed by atoms with Gasteiger partial charge in [0.1, 0.15) is 5.75 Å². The maximum atomic E-state index is 12.7. The SMILES string of the molecule is Cc1cc(Br)ccc1OCC(=O)Nc1ccccc1C(=O)NC1CCCCC1. The number of nitrogens with one attached hydrogen (secondary N) is 2. The molecule has 1 fully saturated rings. The summed E-state index contributed by atoms with van der Waals surface area (Å²) < 4.78 is 6.57. The first-order valence-electron chi connectivity index (χ1n) is 9.61. The summed E-state index contributed by atoms with van der Waals surface area (Å²) in [7, 11) is 0. The molecule has 6 heteroatoms. The van der Waals surface area contributed by atoms with Crippen molar-refractivity contribution in [2.75, 3.05) is 11.9 Å². The fraction of sp³-hybridized carbons (Fsp3) is 0.364. The average molecular weight is 445 g/mol. The molecule has 0 saturated heterocycles. The van der Waals surface area contributed by atoms with E-state index in [1.807, 2.05) is 25.1 Å². The van der Waals surface area contributed by atoms with Crippen LogP contribution in [0.15, 0.2) is 46.9 Å². The molecular formula is C22H25BrN2O3. The van der Waals surface area contributed by atoms with Gasteiger partial charge in [0.05, 0.1) is 11.3 Å². The van der Waals surface area contributed by atoms with Gasteiger partial charge < -0.3 is 15.4 Å². The molecule has 0 radical (unpaired) electrons. The summed E-state index contributed by atoms with van der Waals surface area (Å²) >= 11 is 3.40. The summed E-state index contributed by atoms with van der Waals surface area (Å²) in [5.41, 5.74) is 1.91. The van der Waals surface area contributed by atoms with Crippen molar-refractivity contribution < 1.29 is 14.3 Å². The monoisotopic (exact) mass is 444 g/mol. The van der Waals surface area contributed by atoms with E-state index in [4.69, 9.17) is 4.74 Å². The maximum Gasteiger partial charge on any atom is 0.262 e. The third-order valence-corrected chi connectivity index (χ3v) is 5.38. The Kier molecular flexibility index (Phi) is 7.09. The summed E-state index contributed by atoms with van der Waals surface area (Å²) in [4.78, 5) is 25.0. The topological polar surface area (TPSA) is 67.4 Å². The number of halogens is 1. The second kappa shape index (κ2) is 9.73. The smallest absolute Gasteiger partial charge is 0.262 e. The van der Waals surface area contributed by atoms with Gasteiger partial charge >= 0.3 is 0 Å². The van der Waals surface area contributed by atoms with E-state index in [-0.39, 0.29) is 24.5 Å². The molecule has 0 bridgehead atoms. The largest absolute Gasteiger partial charge is 0.483 e. The lowest BCUT2D eigenvalue weighted by Crippen LogP contribution is -2.36. The second-order valence-corrected chi connectivity index (χ2v) is 8.02. The number of anilines is 1. The molecule has 28 heavy (non-hydrogen) atoms. The van der Waals surface area contributed by atoms with Crippen molar-refractivity contribution in [2.24, 2.45) is 0 Å². The van der Waals surface area contributed by atoms with E-state index in [1.54, 1.807) is 24.3 Å². The summed E-state index contributed by atoms with van der Waals surface area (Å²) in [5.74, 6) is 0.203. The Bertz CT molecular complexity index is 847. The average Bonchev–Trinajstić information content (AvgIpc) is 2.68. The highest BCUT2D eigenvalue weighted by molar-refractivity contribution is 9.10. The van der Waals surface area contributed by atoms with Crippen LogP contribution in [0.1, 0.15) is 48.0 Å². The molecule has 2 aromatic rings. The zero-order valence-electron chi connectivity index (χ0n) is 16.0. The minimum absolute atomic E-state index is 0.124. The number of hydrogen-bond donors (Lipinski definition) is 2. The quantitative estimate of drug-likeness (QED) is 0.669. The van der Waals surface area contributed by atoms with Crippen LogP contribution in [-0.2, 0) is 4.79 Å². The Labute approximate surface area is 174 Å². The van der Waals surface area contributed by atoms with Gasteiger partial charge in [-0.3, -0.25) is 9.59 Å². The molecule has 148 valence electrons. The molecule has 0 unspecified atom stereocenters. The van der Waals surface area contributed by atoms with Crippen LogP contribution in [0, 0.1) is 6.92 Å². The van der Waals surface area contributed by atoms with E-state index in [0.29, 0.717) is 17.0 Å². The van der Waals surface area contributed by atoms with Gasteiger partial charge in [-0.15, -0.1) is 0 Å². The second-order valence-electron chi connectivity index (χ2n) is 7.10. The van der Waals surface area contributed by atoms with Crippen molar-refractivity contribution in [3.63, 3.8) is 0 Å². The van der Waals surface area contributed by atoms with Crippen LogP contribution in [0.25, 0.3) is 0 Å². The first-order valence-corrected chi connectivity index (χ1v) is 10.4. The molecule has 0 aliphatic heterocycles. The Balaban J connectivity index is 1.60. The molecule has 0 aromatic heterocycles. The highest BCUT2D eigenvalue weighted by atomic mass is 79.9. The number of amides is 2. The van der Waals surface area contributed by atoms with Crippen LogP contribution in [-0.4, -0.2) is 24.5 Å². The van der Waals surface area contributed by atoms with E-state index in [1.165, 1.54) is 6.42 Å². The van der Waals surface area contributed by atoms with Crippen molar-refractivity contribution >= 4 is 33.4 Å². The van der Waals surface area contributed by atoms with E-state index in [9.17, 15) is 9.59 Å². The van der Waals surface area contributed by atoms with Gasteiger partial charge in [0, 0.05) is 10.5 Å². The first-order chi connectivity index (χ1) is 13.5. The third-order valence-electron chi connectivity index (χ3n) is 4.88. The van der Waals surface area contributed by atoms with Crippen LogP contribution in [0.3, 0.4) is 0 Å². The first kappa shape index (κ1) is 20.4. The summed E-state index contributed by atoms with van der Waals surface area (Å²) in [6, 6.07) is 12.9. The normalized spacial score (nSPS) is 14.4. The number of ether oxygens (including phenoxy) is 1. The summed E-state index contributed by atoms with van der Waals surface area (Å²) in [6.45, 7) is 1.80. The minimum atomic E-state index is -0.305. The maximum absolute atomic E-state index is 12.7. The number of benzene rings is 2.